The number of ether oxygens (including phenoxy) is 8. The number of fused-ring (bicyclic) bond motifs is 8. The molecule has 10 nitrogen and oxygen atoms in total. The van der Waals surface area contributed by atoms with Gasteiger partial charge in [-0.1, -0.05) is 45.0 Å². The molecule has 270 valence electrons. The molecular weight excluding hydrogens is 695 g/mol. The van der Waals surface area contributed by atoms with Gasteiger partial charge in [-0.15, -0.1) is 0 Å². The first kappa shape index (κ1) is 30.8. The van der Waals surface area contributed by atoms with Gasteiger partial charge in [0, 0.05) is 47.0 Å². The Labute approximate surface area is 317 Å². The molecule has 6 aromatic rings. The van der Waals surface area contributed by atoms with Gasteiger partial charge in [0.05, 0.1) is 11.4 Å². The summed E-state index contributed by atoms with van der Waals surface area (Å²) >= 11 is 0. The lowest BCUT2D eigenvalue weighted by Crippen LogP contribution is -2.61. The summed E-state index contributed by atoms with van der Waals surface area (Å²) < 4.78 is 47.5. The second-order valence-electron chi connectivity index (χ2n) is 15.5. The highest BCUT2D eigenvalue weighted by Gasteiger charge is 2.46. The van der Waals surface area contributed by atoms with Crippen LogP contribution in [-0.2, 0) is 5.41 Å². The van der Waals surface area contributed by atoms with Gasteiger partial charge in [0.15, 0.2) is 46.0 Å². The fourth-order valence-corrected chi connectivity index (χ4v) is 8.70. The van der Waals surface area contributed by atoms with Crippen molar-refractivity contribution in [1.82, 2.24) is 0 Å². The maximum Gasteiger partial charge on any atom is 0.252 e. The molecule has 6 aromatic carbocycles. The minimum Gasteiger partial charge on any atom is -0.454 e. The molecule has 0 fully saturated rings. The van der Waals surface area contributed by atoms with Gasteiger partial charge in [-0.05, 0) is 87.0 Å². The highest BCUT2D eigenvalue weighted by molar-refractivity contribution is 7.00. The molecule has 0 saturated heterocycles. The molecule has 0 aliphatic carbocycles. The Bertz CT molecular complexity index is 2490. The molecule has 0 aromatic heterocycles. The number of benzene rings is 6. The second-order valence-corrected chi connectivity index (χ2v) is 15.5. The van der Waals surface area contributed by atoms with E-state index in [1.165, 1.54) is 5.56 Å². The molecule has 0 saturated carbocycles. The van der Waals surface area contributed by atoms with Gasteiger partial charge in [-0.3, -0.25) is 0 Å². The summed E-state index contributed by atoms with van der Waals surface area (Å²) in [7, 11) is 0. The van der Waals surface area contributed by atoms with Gasteiger partial charge in [0.25, 0.3) is 6.71 Å². The van der Waals surface area contributed by atoms with E-state index < -0.39 is 0 Å². The van der Waals surface area contributed by atoms with Gasteiger partial charge in [-0.2, -0.15) is 0 Å². The van der Waals surface area contributed by atoms with E-state index >= 15 is 0 Å². The van der Waals surface area contributed by atoms with Crippen molar-refractivity contribution in [3.8, 4) is 57.1 Å². The van der Waals surface area contributed by atoms with Gasteiger partial charge >= 0.3 is 0 Å². The lowest BCUT2D eigenvalue weighted by molar-refractivity contribution is 0.173. The summed E-state index contributed by atoms with van der Waals surface area (Å²) in [5.41, 5.74) is 12.6. The largest absolute Gasteiger partial charge is 0.454 e. The normalized spacial score (nSPS) is 15.9. The van der Waals surface area contributed by atoms with Crippen molar-refractivity contribution in [2.75, 3.05) is 37.0 Å². The van der Waals surface area contributed by atoms with Crippen molar-refractivity contribution in [3.05, 3.63) is 103 Å². The topological polar surface area (TPSA) is 80.3 Å². The molecule has 11 heteroatoms. The molecule has 12 rings (SSSR count). The van der Waals surface area contributed by atoms with Gasteiger partial charge < -0.3 is 47.7 Å². The summed E-state index contributed by atoms with van der Waals surface area (Å²) in [5.74, 6) is 5.67. The highest BCUT2D eigenvalue weighted by Crippen LogP contribution is 2.51. The van der Waals surface area contributed by atoms with E-state index in [0.717, 1.165) is 73.1 Å². The Morgan fingerprint density at radius 2 is 0.836 bits per heavy atom. The summed E-state index contributed by atoms with van der Waals surface area (Å²) in [6.45, 7) is 7.20. The van der Waals surface area contributed by atoms with Crippen LogP contribution in [0.5, 0.6) is 46.0 Å². The molecule has 0 amide bonds. The minimum absolute atomic E-state index is 0.0193. The summed E-state index contributed by atoms with van der Waals surface area (Å²) in [6.07, 6.45) is 0. The number of hydrogen-bond acceptors (Lipinski definition) is 10. The van der Waals surface area contributed by atoms with E-state index in [1.807, 2.05) is 12.1 Å². The van der Waals surface area contributed by atoms with Crippen molar-refractivity contribution < 1.29 is 37.9 Å². The molecule has 0 spiro atoms. The van der Waals surface area contributed by atoms with E-state index in [9.17, 15) is 0 Å². The van der Waals surface area contributed by atoms with Crippen molar-refractivity contribution in [2.24, 2.45) is 0 Å². The number of hydrogen-bond donors (Lipinski definition) is 0. The Hall–Kier alpha value is -6.62. The molecule has 0 N–H and O–H groups in total. The Morgan fingerprint density at radius 3 is 1.29 bits per heavy atom. The van der Waals surface area contributed by atoms with Crippen LogP contribution in [0.2, 0.25) is 0 Å². The van der Waals surface area contributed by atoms with E-state index in [4.69, 9.17) is 37.9 Å². The van der Waals surface area contributed by atoms with Crippen molar-refractivity contribution in [2.45, 2.75) is 26.2 Å². The fourth-order valence-electron chi connectivity index (χ4n) is 8.70. The lowest BCUT2D eigenvalue weighted by Gasteiger charge is -2.44. The first-order valence-electron chi connectivity index (χ1n) is 18.4. The first-order chi connectivity index (χ1) is 26.9. The lowest BCUT2D eigenvalue weighted by atomic mass is 9.33. The van der Waals surface area contributed by atoms with Crippen LogP contribution in [-0.4, -0.2) is 33.9 Å². The SMILES string of the molecule is CC(C)(C)c1ccc(-c2cc3c4c(c2)N(c2ccc5c(c2)OCO5)c2cc5c(cc2B4c2cc4c(cc2N3c2ccc3c(c2)OCO3)OCO4)OCO5)cc1. The minimum atomic E-state index is -0.202. The summed E-state index contributed by atoms with van der Waals surface area (Å²) in [6, 6.07) is 34.3. The summed E-state index contributed by atoms with van der Waals surface area (Å²) in [4.78, 5) is 4.63. The third-order valence-corrected chi connectivity index (χ3v) is 11.4. The molecule has 6 aliphatic rings. The molecule has 6 heterocycles. The smallest absolute Gasteiger partial charge is 0.252 e. The fraction of sp³-hybridized carbons (Fsp3) is 0.182. The van der Waals surface area contributed by atoms with Crippen LogP contribution in [0, 0.1) is 0 Å². The standard InChI is InChI=1S/C44H33BN2O8/c1-44(2,3)26-6-4-24(5-7-26)25-12-33-43-34(13-25)47(28-9-11-36-38(15-28)51-21-49-36)32-19-42-40(53-23-55-42)17-30(32)45(43)29-16-39-41(54-22-52-39)18-31(29)46(33)27-8-10-35-37(14-27)50-20-48-35/h4-19H,20-23H2,1-3H3. The molecule has 0 radical (unpaired) electrons. The monoisotopic (exact) mass is 728 g/mol. The van der Waals surface area contributed by atoms with Crippen LogP contribution in [0.4, 0.5) is 34.1 Å². The Balaban J connectivity index is 1.18. The van der Waals surface area contributed by atoms with Gasteiger partial charge in [0.2, 0.25) is 27.2 Å². The van der Waals surface area contributed by atoms with E-state index in [1.54, 1.807) is 0 Å². The molecule has 0 atom stereocenters. The average molecular weight is 729 g/mol. The van der Waals surface area contributed by atoms with Crippen molar-refractivity contribution >= 4 is 57.2 Å². The number of rotatable bonds is 3. The van der Waals surface area contributed by atoms with Crippen molar-refractivity contribution in [3.63, 3.8) is 0 Å². The molecule has 55 heavy (non-hydrogen) atoms. The maximum absolute atomic E-state index is 6.04. The van der Waals surface area contributed by atoms with E-state index in [2.05, 4.69) is 116 Å². The van der Waals surface area contributed by atoms with Crippen LogP contribution in [0.15, 0.2) is 97.1 Å². The quantitative estimate of drug-likeness (QED) is 0.169. The number of anilines is 6. The zero-order valence-electron chi connectivity index (χ0n) is 30.3. The second kappa shape index (κ2) is 11.0. The predicted molar refractivity (Wildman–Crippen MR) is 209 cm³/mol. The van der Waals surface area contributed by atoms with Crippen LogP contribution >= 0.6 is 0 Å². The third kappa shape index (κ3) is 4.49. The number of nitrogens with zero attached hydrogens (tertiary/aromatic N) is 2. The molecule has 0 unspecified atom stereocenters. The van der Waals surface area contributed by atoms with E-state index in [0.29, 0.717) is 34.5 Å². The Morgan fingerprint density at radius 1 is 0.418 bits per heavy atom. The van der Waals surface area contributed by atoms with Crippen LogP contribution in [0.1, 0.15) is 26.3 Å². The molecule has 6 aliphatic heterocycles. The van der Waals surface area contributed by atoms with E-state index in [-0.39, 0.29) is 39.3 Å². The Kier molecular flexibility index (Phi) is 6.15. The zero-order valence-corrected chi connectivity index (χ0v) is 30.3. The molecule has 0 bridgehead atoms. The predicted octanol–water partition coefficient (Wildman–Crippen LogP) is 7.65. The summed E-state index contributed by atoms with van der Waals surface area (Å²) in [5, 5.41) is 0. The first-order valence-corrected chi connectivity index (χ1v) is 18.4. The van der Waals surface area contributed by atoms with Crippen LogP contribution in [0.25, 0.3) is 11.1 Å². The van der Waals surface area contributed by atoms with Gasteiger partial charge in [-0.25, -0.2) is 0 Å². The van der Waals surface area contributed by atoms with Crippen LogP contribution in [0.3, 0.4) is 0 Å². The average Bonchev–Trinajstić information content (AvgIpc) is 4.03. The van der Waals surface area contributed by atoms with Crippen molar-refractivity contribution in [1.29, 1.82) is 0 Å². The highest BCUT2D eigenvalue weighted by atomic mass is 16.7. The maximum atomic E-state index is 6.04. The molecular formula is C44H33BN2O8. The van der Waals surface area contributed by atoms with Gasteiger partial charge in [0.1, 0.15) is 0 Å². The zero-order chi connectivity index (χ0) is 36.6. The van der Waals surface area contributed by atoms with Crippen LogP contribution < -0.4 is 64.1 Å². The third-order valence-electron chi connectivity index (χ3n) is 11.4.